The van der Waals surface area contributed by atoms with Crippen molar-refractivity contribution in [3.63, 3.8) is 0 Å². The summed E-state index contributed by atoms with van der Waals surface area (Å²) in [5.74, 6) is 4.21. The molecule has 5 heteroatoms. The first-order valence-electron chi connectivity index (χ1n) is 16.1. The molecule has 1 aromatic heterocycles. The van der Waals surface area contributed by atoms with Crippen LogP contribution in [0.15, 0.2) is 24.5 Å². The minimum absolute atomic E-state index is 0.588. The van der Waals surface area contributed by atoms with Gasteiger partial charge in [-0.2, -0.15) is 0 Å². The Balaban J connectivity index is 0.000000261. The molecule has 5 nitrogen and oxygen atoms in total. The van der Waals surface area contributed by atoms with E-state index in [1.807, 2.05) is 18.5 Å². The van der Waals surface area contributed by atoms with E-state index < -0.39 is 0 Å². The Morgan fingerprint density at radius 1 is 0.897 bits per heavy atom. The largest absolute Gasteiger partial charge is 0.379 e. The highest BCUT2D eigenvalue weighted by Crippen LogP contribution is 2.22. The standard InChI is InChI=1S/C9H19NO.C9H13N.C8H17N.C8H16O/c1-9(2)3-4-10-5-7-11-8-6-10;1-8(2)6-9-4-3-5-10-7-9;1-7(2)8-4-5-9(3)6-8;1-7(2)6-8-4-3-5-9-8/h9H,3-8H2,1-2H3;3-5,7-8H,6H2,1-2H3;7-8H,4-6H2,1-3H3;7-8H,3-6H2,1-2H3/t;;;8-/m...1/s1. The van der Waals surface area contributed by atoms with Gasteiger partial charge in [0, 0.05) is 38.6 Å². The second-order valence-electron chi connectivity index (χ2n) is 13.4. The highest BCUT2D eigenvalue weighted by atomic mass is 16.5. The van der Waals surface area contributed by atoms with E-state index in [-0.39, 0.29) is 0 Å². The highest BCUT2D eigenvalue weighted by Gasteiger charge is 2.21. The molecule has 0 spiro atoms. The van der Waals surface area contributed by atoms with E-state index >= 15 is 0 Å². The van der Waals surface area contributed by atoms with Crippen LogP contribution in [0, 0.1) is 29.6 Å². The van der Waals surface area contributed by atoms with Crippen molar-refractivity contribution < 1.29 is 9.47 Å². The molecule has 0 amide bonds. The van der Waals surface area contributed by atoms with Crippen LogP contribution in [0.1, 0.15) is 93.1 Å². The Hall–Kier alpha value is -1.01. The lowest BCUT2D eigenvalue weighted by molar-refractivity contribution is 0.0360. The maximum absolute atomic E-state index is 5.46. The Morgan fingerprint density at radius 2 is 1.62 bits per heavy atom. The molecule has 0 saturated carbocycles. The van der Waals surface area contributed by atoms with Crippen molar-refractivity contribution in [1.82, 2.24) is 14.8 Å². The summed E-state index contributed by atoms with van der Waals surface area (Å²) in [6.45, 7) is 27.1. The molecular formula is C34H65N3O2. The third-order valence-corrected chi connectivity index (χ3v) is 7.62. The van der Waals surface area contributed by atoms with Gasteiger partial charge in [-0.1, -0.05) is 61.5 Å². The Morgan fingerprint density at radius 3 is 2.05 bits per heavy atom. The van der Waals surface area contributed by atoms with Crippen molar-refractivity contribution in [3.05, 3.63) is 30.1 Å². The van der Waals surface area contributed by atoms with Crippen molar-refractivity contribution >= 4 is 0 Å². The van der Waals surface area contributed by atoms with Crippen LogP contribution < -0.4 is 0 Å². The number of hydrogen-bond donors (Lipinski definition) is 0. The van der Waals surface area contributed by atoms with Crippen molar-refractivity contribution in [2.24, 2.45) is 29.6 Å². The van der Waals surface area contributed by atoms with Crippen LogP contribution in [-0.2, 0) is 15.9 Å². The van der Waals surface area contributed by atoms with Gasteiger partial charge in [0.1, 0.15) is 0 Å². The molecule has 228 valence electrons. The lowest BCUT2D eigenvalue weighted by atomic mass is 9.95. The molecule has 0 aliphatic carbocycles. The molecule has 39 heavy (non-hydrogen) atoms. The van der Waals surface area contributed by atoms with Gasteiger partial charge in [-0.3, -0.25) is 9.88 Å². The van der Waals surface area contributed by atoms with Crippen molar-refractivity contribution in [1.29, 1.82) is 0 Å². The number of likely N-dealkylation sites (tertiary alicyclic amines) is 1. The van der Waals surface area contributed by atoms with Gasteiger partial charge in [-0.15, -0.1) is 0 Å². The summed E-state index contributed by atoms with van der Waals surface area (Å²) in [4.78, 5) is 8.95. The number of aromatic nitrogens is 1. The average molecular weight is 548 g/mol. The Kier molecular flexibility index (Phi) is 20.0. The molecule has 0 aromatic carbocycles. The molecule has 0 radical (unpaired) electrons. The Labute approximate surface area is 243 Å². The molecule has 3 aliphatic rings. The van der Waals surface area contributed by atoms with Crippen LogP contribution in [0.25, 0.3) is 0 Å². The zero-order valence-corrected chi connectivity index (χ0v) is 27.3. The number of ether oxygens (including phenoxy) is 2. The third kappa shape index (κ3) is 19.7. The molecule has 1 unspecified atom stereocenters. The van der Waals surface area contributed by atoms with Gasteiger partial charge < -0.3 is 14.4 Å². The van der Waals surface area contributed by atoms with E-state index in [0.29, 0.717) is 6.10 Å². The van der Waals surface area contributed by atoms with Crippen LogP contribution >= 0.6 is 0 Å². The van der Waals surface area contributed by atoms with E-state index in [1.54, 1.807) is 0 Å². The van der Waals surface area contributed by atoms with Crippen LogP contribution in [0.2, 0.25) is 0 Å². The van der Waals surface area contributed by atoms with Gasteiger partial charge in [0.25, 0.3) is 0 Å². The van der Waals surface area contributed by atoms with Crippen LogP contribution in [0.4, 0.5) is 0 Å². The molecule has 1 aromatic rings. The van der Waals surface area contributed by atoms with Gasteiger partial charge in [0.05, 0.1) is 19.3 Å². The summed E-state index contributed by atoms with van der Waals surface area (Å²) in [6, 6.07) is 4.10. The number of pyridine rings is 1. The van der Waals surface area contributed by atoms with E-state index in [0.717, 1.165) is 68.9 Å². The van der Waals surface area contributed by atoms with Crippen LogP contribution in [-0.4, -0.2) is 80.5 Å². The number of morpholine rings is 1. The van der Waals surface area contributed by atoms with Crippen molar-refractivity contribution in [3.8, 4) is 0 Å². The van der Waals surface area contributed by atoms with Gasteiger partial charge >= 0.3 is 0 Å². The Bertz CT molecular complexity index is 668. The van der Waals surface area contributed by atoms with Crippen LogP contribution in [0.3, 0.4) is 0 Å². The number of rotatable bonds is 8. The molecule has 2 atom stereocenters. The first-order valence-corrected chi connectivity index (χ1v) is 16.1. The van der Waals surface area contributed by atoms with Crippen molar-refractivity contribution in [2.75, 3.05) is 59.6 Å². The summed E-state index contributed by atoms with van der Waals surface area (Å²) >= 11 is 0. The fraction of sp³-hybridized carbons (Fsp3) is 0.853. The lowest BCUT2D eigenvalue weighted by Crippen LogP contribution is -2.37. The van der Waals surface area contributed by atoms with E-state index in [4.69, 9.17) is 9.47 Å². The molecular weight excluding hydrogens is 482 g/mol. The zero-order valence-electron chi connectivity index (χ0n) is 27.3. The molecule has 4 rings (SSSR count). The zero-order chi connectivity index (χ0) is 29.0. The predicted molar refractivity (Wildman–Crippen MR) is 168 cm³/mol. The predicted octanol–water partition coefficient (Wildman–Crippen LogP) is 7.45. The fourth-order valence-corrected chi connectivity index (χ4v) is 5.13. The first kappa shape index (κ1) is 36.0. The SMILES string of the molecule is CC(C)C1CCN(C)C1.CC(C)CCN1CCOCC1.CC(C)C[C@H]1CCCO1.CC(C)Cc1cccnc1. The minimum atomic E-state index is 0.588. The normalized spacial score (nSPS) is 21.9. The first-order chi connectivity index (χ1) is 18.6. The maximum Gasteiger partial charge on any atom is 0.0594 e. The summed E-state index contributed by atoms with van der Waals surface area (Å²) in [5, 5.41) is 0. The minimum Gasteiger partial charge on any atom is -0.379 e. The second-order valence-corrected chi connectivity index (χ2v) is 13.4. The van der Waals surface area contributed by atoms with Gasteiger partial charge in [-0.05, 0) is 99.9 Å². The summed E-state index contributed by atoms with van der Waals surface area (Å²) in [5.41, 5.74) is 1.33. The van der Waals surface area contributed by atoms with Crippen LogP contribution in [0.5, 0.6) is 0 Å². The van der Waals surface area contributed by atoms with Gasteiger partial charge in [0.2, 0.25) is 0 Å². The van der Waals surface area contributed by atoms with Gasteiger partial charge in [0.15, 0.2) is 0 Å². The molecule has 4 heterocycles. The quantitative estimate of drug-likeness (QED) is 0.338. The average Bonchev–Trinajstić information content (AvgIpc) is 3.56. The number of nitrogens with zero attached hydrogens (tertiary/aromatic N) is 3. The molecule has 3 saturated heterocycles. The summed E-state index contributed by atoms with van der Waals surface area (Å²) < 4.78 is 10.7. The highest BCUT2D eigenvalue weighted by molar-refractivity contribution is 5.08. The third-order valence-electron chi connectivity index (χ3n) is 7.62. The van der Waals surface area contributed by atoms with Crippen molar-refractivity contribution in [2.45, 2.75) is 100 Å². The van der Waals surface area contributed by atoms with Gasteiger partial charge in [-0.25, -0.2) is 0 Å². The summed E-state index contributed by atoms with van der Waals surface area (Å²) in [7, 11) is 2.21. The van der Waals surface area contributed by atoms with E-state index in [1.165, 1.54) is 57.3 Å². The molecule has 0 N–H and O–H groups in total. The lowest BCUT2D eigenvalue weighted by Gasteiger charge is -2.26. The topological polar surface area (TPSA) is 37.8 Å². The number of hydrogen-bond acceptors (Lipinski definition) is 5. The fourth-order valence-electron chi connectivity index (χ4n) is 5.13. The molecule has 3 fully saturated rings. The summed E-state index contributed by atoms with van der Waals surface area (Å²) in [6.07, 6.45) is 12.0. The smallest absolute Gasteiger partial charge is 0.0594 e. The van der Waals surface area contributed by atoms with E-state index in [9.17, 15) is 0 Å². The molecule has 0 bridgehead atoms. The maximum atomic E-state index is 5.46. The molecule has 3 aliphatic heterocycles. The second kappa shape index (κ2) is 21.7. The monoisotopic (exact) mass is 548 g/mol. The van der Waals surface area contributed by atoms with E-state index in [2.05, 4.69) is 83.3 Å².